The van der Waals surface area contributed by atoms with Gasteiger partial charge in [-0.2, -0.15) is 10.2 Å². The molecule has 0 heterocycles. The minimum Gasteiger partial charge on any atom is -0.273 e. The Morgan fingerprint density at radius 3 is 1.47 bits per heavy atom. The van der Waals surface area contributed by atoms with Crippen molar-refractivity contribution >= 4 is 46.4 Å². The largest absolute Gasteiger partial charge is 0.273 e. The van der Waals surface area contributed by atoms with E-state index in [4.69, 9.17) is 23.2 Å². The third kappa shape index (κ3) is 10.1. The number of rotatable bonds is 13. The first-order valence-electron chi connectivity index (χ1n) is 11.7. The topological polar surface area (TPSA) is 82.9 Å². The van der Waals surface area contributed by atoms with Crippen molar-refractivity contribution in [1.82, 2.24) is 10.9 Å². The molecule has 34 heavy (non-hydrogen) atoms. The molecule has 0 atom stereocenters. The molecule has 0 radical (unpaired) electrons. The van der Waals surface area contributed by atoms with Crippen LogP contribution in [0, 0.1) is 0 Å². The Kier molecular flexibility index (Phi) is 12.4. The van der Waals surface area contributed by atoms with Crippen LogP contribution >= 0.6 is 23.2 Å². The summed E-state index contributed by atoms with van der Waals surface area (Å²) in [5.41, 5.74) is 8.62. The molecule has 2 N–H and O–H groups in total. The lowest BCUT2D eigenvalue weighted by molar-refractivity contribution is -0.122. The van der Waals surface area contributed by atoms with Crippen molar-refractivity contribution in [3.8, 4) is 0 Å². The summed E-state index contributed by atoms with van der Waals surface area (Å²) in [6, 6.07) is 14.8. The molecule has 0 aliphatic rings. The Balaban J connectivity index is 1.64. The number of hydrazone groups is 2. The third-order valence-corrected chi connectivity index (χ3v) is 5.64. The van der Waals surface area contributed by atoms with E-state index in [0.717, 1.165) is 48.2 Å². The lowest BCUT2D eigenvalue weighted by atomic mass is 10.1. The molecule has 0 aliphatic heterocycles. The van der Waals surface area contributed by atoms with Gasteiger partial charge in [0.25, 0.3) is 0 Å². The molecular weight excluding hydrogens is 471 g/mol. The van der Waals surface area contributed by atoms with Crippen LogP contribution in [0.15, 0.2) is 58.7 Å². The molecule has 2 aromatic rings. The average molecular weight is 503 g/mol. The zero-order valence-corrected chi connectivity index (χ0v) is 21.3. The number of halogens is 2. The van der Waals surface area contributed by atoms with Gasteiger partial charge < -0.3 is 0 Å². The van der Waals surface area contributed by atoms with Crippen LogP contribution in [0.3, 0.4) is 0 Å². The van der Waals surface area contributed by atoms with Crippen LogP contribution in [0.5, 0.6) is 0 Å². The number of carbonyl (C=O) groups excluding carboxylic acids is 2. The van der Waals surface area contributed by atoms with Crippen molar-refractivity contribution in [2.45, 2.75) is 65.2 Å². The maximum absolute atomic E-state index is 12.1. The van der Waals surface area contributed by atoms with Crippen LogP contribution in [-0.4, -0.2) is 23.2 Å². The number of nitrogens with one attached hydrogen (secondary N) is 2. The number of unbranched alkanes of at least 4 members (excludes halogenated alkanes) is 3. The molecule has 2 rings (SSSR count). The zero-order valence-electron chi connectivity index (χ0n) is 19.7. The monoisotopic (exact) mass is 502 g/mol. The standard InChI is InChI=1S/C26H32Cl2N4O2/c1-3-23(19-11-9-13-21(27)17-19)29-31-25(33)15-7-5-6-8-16-26(34)32-30-24(4-2)20-12-10-14-22(28)18-20/h9-14,17-18H,3-8,15-16H2,1-2H3,(H,31,33)(H,32,34)/b29-23+,30-24+. The zero-order chi connectivity index (χ0) is 24.8. The van der Waals surface area contributed by atoms with E-state index in [2.05, 4.69) is 21.1 Å². The van der Waals surface area contributed by atoms with E-state index in [1.807, 2.05) is 50.2 Å². The summed E-state index contributed by atoms with van der Waals surface area (Å²) in [4.78, 5) is 24.2. The fraction of sp³-hybridized carbons (Fsp3) is 0.385. The Hall–Kier alpha value is -2.70. The predicted octanol–water partition coefficient (Wildman–Crippen LogP) is 6.49. The second-order valence-electron chi connectivity index (χ2n) is 7.83. The van der Waals surface area contributed by atoms with E-state index in [1.54, 1.807) is 12.1 Å². The fourth-order valence-electron chi connectivity index (χ4n) is 3.33. The van der Waals surface area contributed by atoms with E-state index in [9.17, 15) is 9.59 Å². The van der Waals surface area contributed by atoms with Gasteiger partial charge >= 0.3 is 0 Å². The highest BCUT2D eigenvalue weighted by Gasteiger charge is 2.06. The molecule has 0 saturated heterocycles. The van der Waals surface area contributed by atoms with Gasteiger partial charge in [-0.25, -0.2) is 10.9 Å². The van der Waals surface area contributed by atoms with Gasteiger partial charge in [0, 0.05) is 22.9 Å². The molecule has 0 aromatic heterocycles. The van der Waals surface area contributed by atoms with Crippen LogP contribution in [0.4, 0.5) is 0 Å². The third-order valence-electron chi connectivity index (χ3n) is 5.17. The molecule has 0 saturated carbocycles. The predicted molar refractivity (Wildman–Crippen MR) is 141 cm³/mol. The number of benzene rings is 2. The van der Waals surface area contributed by atoms with E-state index < -0.39 is 0 Å². The molecule has 0 bridgehead atoms. The van der Waals surface area contributed by atoms with Crippen LogP contribution < -0.4 is 10.9 Å². The molecule has 2 aromatic carbocycles. The van der Waals surface area contributed by atoms with Crippen molar-refractivity contribution in [1.29, 1.82) is 0 Å². The van der Waals surface area contributed by atoms with Gasteiger partial charge in [-0.1, -0.05) is 74.2 Å². The smallest absolute Gasteiger partial charge is 0.240 e. The first kappa shape index (κ1) is 27.5. The molecule has 0 unspecified atom stereocenters. The van der Waals surface area contributed by atoms with Gasteiger partial charge in [0.15, 0.2) is 0 Å². The second-order valence-corrected chi connectivity index (χ2v) is 8.70. The minimum absolute atomic E-state index is 0.117. The van der Waals surface area contributed by atoms with Crippen molar-refractivity contribution in [2.75, 3.05) is 0 Å². The SMILES string of the molecule is CC/C(=N\NC(=O)CCCCCCC(=O)N/N=C(\CC)c1cccc(Cl)c1)c1cccc(Cl)c1. The molecule has 0 spiro atoms. The fourth-order valence-corrected chi connectivity index (χ4v) is 3.71. The second kappa shape index (κ2) is 15.3. The number of hydrogen-bond acceptors (Lipinski definition) is 4. The summed E-state index contributed by atoms with van der Waals surface area (Å²) < 4.78 is 0. The highest BCUT2D eigenvalue weighted by atomic mass is 35.5. The number of carbonyl (C=O) groups is 2. The van der Waals surface area contributed by atoms with Gasteiger partial charge in [0.2, 0.25) is 11.8 Å². The molecule has 182 valence electrons. The molecular formula is C26H32Cl2N4O2. The van der Waals surface area contributed by atoms with E-state index in [0.29, 0.717) is 35.7 Å². The quantitative estimate of drug-likeness (QED) is 0.186. The van der Waals surface area contributed by atoms with E-state index in [1.165, 1.54) is 0 Å². The van der Waals surface area contributed by atoms with Crippen molar-refractivity contribution in [3.05, 3.63) is 69.7 Å². The van der Waals surface area contributed by atoms with E-state index in [-0.39, 0.29) is 11.8 Å². The Labute approximate surface area is 211 Å². The van der Waals surface area contributed by atoms with Crippen LogP contribution in [-0.2, 0) is 9.59 Å². The molecule has 8 heteroatoms. The highest BCUT2D eigenvalue weighted by Crippen LogP contribution is 2.14. The summed E-state index contributed by atoms with van der Waals surface area (Å²) in [5.74, 6) is -0.235. The first-order valence-corrected chi connectivity index (χ1v) is 12.4. The summed E-state index contributed by atoms with van der Waals surface area (Å²) in [7, 11) is 0. The Morgan fingerprint density at radius 1 is 0.706 bits per heavy atom. The van der Waals surface area contributed by atoms with Crippen LogP contribution in [0.1, 0.15) is 76.3 Å². The molecule has 2 amide bonds. The van der Waals surface area contributed by atoms with Gasteiger partial charge in [-0.05, 0) is 61.1 Å². The van der Waals surface area contributed by atoms with Gasteiger partial charge in [0.1, 0.15) is 0 Å². The average Bonchev–Trinajstić information content (AvgIpc) is 2.82. The Bertz CT molecular complexity index is 940. The molecule has 6 nitrogen and oxygen atoms in total. The van der Waals surface area contributed by atoms with Crippen molar-refractivity contribution in [3.63, 3.8) is 0 Å². The van der Waals surface area contributed by atoms with Crippen LogP contribution in [0.25, 0.3) is 0 Å². The number of nitrogens with zero attached hydrogens (tertiary/aromatic N) is 2. The molecule has 0 aliphatic carbocycles. The molecule has 0 fully saturated rings. The normalized spacial score (nSPS) is 11.9. The minimum atomic E-state index is -0.117. The van der Waals surface area contributed by atoms with E-state index >= 15 is 0 Å². The number of amides is 2. The lowest BCUT2D eigenvalue weighted by Crippen LogP contribution is -2.20. The lowest BCUT2D eigenvalue weighted by Gasteiger charge is -2.06. The van der Waals surface area contributed by atoms with Crippen molar-refractivity contribution in [2.24, 2.45) is 10.2 Å². The maximum Gasteiger partial charge on any atom is 0.240 e. The first-order chi connectivity index (χ1) is 16.4. The van der Waals surface area contributed by atoms with Gasteiger partial charge in [-0.3, -0.25) is 9.59 Å². The Morgan fingerprint density at radius 2 is 1.12 bits per heavy atom. The van der Waals surface area contributed by atoms with Gasteiger partial charge in [0.05, 0.1) is 11.4 Å². The summed E-state index contributed by atoms with van der Waals surface area (Å²) in [6.45, 7) is 3.96. The number of hydrogen-bond donors (Lipinski definition) is 2. The summed E-state index contributed by atoms with van der Waals surface area (Å²) in [6.07, 6.45) is 5.38. The summed E-state index contributed by atoms with van der Waals surface area (Å²) >= 11 is 12.1. The summed E-state index contributed by atoms with van der Waals surface area (Å²) in [5, 5.41) is 9.76. The highest BCUT2D eigenvalue weighted by molar-refractivity contribution is 6.31. The van der Waals surface area contributed by atoms with Crippen molar-refractivity contribution < 1.29 is 9.59 Å². The van der Waals surface area contributed by atoms with Gasteiger partial charge in [-0.15, -0.1) is 0 Å². The maximum atomic E-state index is 12.1. The van der Waals surface area contributed by atoms with Crippen LogP contribution in [0.2, 0.25) is 10.0 Å².